The Hall–Kier alpha value is -1.64. The summed E-state index contributed by atoms with van der Waals surface area (Å²) in [5.74, 6) is 0.0253. The van der Waals surface area contributed by atoms with E-state index in [4.69, 9.17) is 16.3 Å². The van der Waals surface area contributed by atoms with Crippen molar-refractivity contribution in [2.45, 2.75) is 18.9 Å². The molecule has 102 valence electrons. The second kappa shape index (κ2) is 5.78. The van der Waals surface area contributed by atoms with Crippen molar-refractivity contribution in [3.8, 4) is 0 Å². The molecule has 0 saturated carbocycles. The molecule has 1 unspecified atom stereocenters. The van der Waals surface area contributed by atoms with Crippen molar-refractivity contribution in [1.29, 1.82) is 0 Å². The highest BCUT2D eigenvalue weighted by molar-refractivity contribution is 6.33. The van der Waals surface area contributed by atoms with Gasteiger partial charge in [-0.1, -0.05) is 48.0 Å². The van der Waals surface area contributed by atoms with E-state index in [0.717, 1.165) is 12.0 Å². The van der Waals surface area contributed by atoms with E-state index in [-0.39, 0.29) is 11.9 Å². The largest absolute Gasteiger partial charge is 0.373 e. The van der Waals surface area contributed by atoms with Crippen molar-refractivity contribution in [2.75, 3.05) is 6.61 Å². The van der Waals surface area contributed by atoms with Crippen molar-refractivity contribution >= 4 is 17.4 Å². The summed E-state index contributed by atoms with van der Waals surface area (Å²) in [5.41, 5.74) is 2.97. The van der Waals surface area contributed by atoms with E-state index in [2.05, 4.69) is 6.07 Å². The molecule has 3 heteroatoms. The average Bonchev–Trinajstić information content (AvgIpc) is 2.48. The number of fused-ring (bicyclic) bond motifs is 1. The molecule has 0 radical (unpaired) electrons. The highest BCUT2D eigenvalue weighted by Crippen LogP contribution is 2.31. The van der Waals surface area contributed by atoms with Crippen LogP contribution in [0.2, 0.25) is 5.02 Å². The molecule has 0 bridgehead atoms. The quantitative estimate of drug-likeness (QED) is 0.790. The minimum Gasteiger partial charge on any atom is -0.373 e. The van der Waals surface area contributed by atoms with Gasteiger partial charge in [-0.05, 0) is 29.7 Å². The second-order valence-electron chi connectivity index (χ2n) is 4.92. The van der Waals surface area contributed by atoms with Gasteiger partial charge in [0.25, 0.3) is 0 Å². The third-order valence-electron chi connectivity index (χ3n) is 3.64. The predicted octanol–water partition coefficient (Wildman–Crippen LogP) is 4.23. The number of hydrogen-bond acceptors (Lipinski definition) is 2. The topological polar surface area (TPSA) is 26.3 Å². The number of Topliss-reactive ketones (excluding diaryl/α,β-unsaturated/α-hetero) is 1. The van der Waals surface area contributed by atoms with Crippen molar-refractivity contribution in [3.63, 3.8) is 0 Å². The first-order chi connectivity index (χ1) is 9.75. The van der Waals surface area contributed by atoms with Crippen LogP contribution in [-0.4, -0.2) is 12.4 Å². The summed E-state index contributed by atoms with van der Waals surface area (Å²) in [7, 11) is 0. The van der Waals surface area contributed by atoms with Gasteiger partial charge in [-0.2, -0.15) is 0 Å². The van der Waals surface area contributed by atoms with Crippen molar-refractivity contribution in [3.05, 3.63) is 70.2 Å². The van der Waals surface area contributed by atoms with E-state index in [0.29, 0.717) is 23.6 Å². The lowest BCUT2D eigenvalue weighted by atomic mass is 9.93. The van der Waals surface area contributed by atoms with Crippen LogP contribution in [0.1, 0.15) is 34.0 Å². The molecule has 0 fully saturated rings. The predicted molar refractivity (Wildman–Crippen MR) is 79.2 cm³/mol. The average molecular weight is 287 g/mol. The summed E-state index contributed by atoms with van der Waals surface area (Å²) in [6.45, 7) is 0.664. The number of hydrogen-bond donors (Lipinski definition) is 0. The Kier molecular flexibility index (Phi) is 3.86. The zero-order chi connectivity index (χ0) is 13.9. The van der Waals surface area contributed by atoms with Crippen molar-refractivity contribution < 1.29 is 9.53 Å². The third kappa shape index (κ3) is 2.62. The molecule has 0 N–H and O–H groups in total. The Morgan fingerprint density at radius 1 is 1.15 bits per heavy atom. The summed E-state index contributed by atoms with van der Waals surface area (Å²) < 4.78 is 5.77. The number of carbonyl (C=O) groups is 1. The number of rotatable bonds is 3. The van der Waals surface area contributed by atoms with E-state index < -0.39 is 0 Å². The van der Waals surface area contributed by atoms with Crippen LogP contribution in [0.4, 0.5) is 0 Å². The van der Waals surface area contributed by atoms with E-state index in [9.17, 15) is 4.79 Å². The van der Waals surface area contributed by atoms with Crippen LogP contribution in [0.15, 0.2) is 48.5 Å². The molecule has 1 atom stereocenters. The highest BCUT2D eigenvalue weighted by Gasteiger charge is 2.24. The lowest BCUT2D eigenvalue weighted by Crippen LogP contribution is -2.19. The maximum absolute atomic E-state index is 12.4. The number of ether oxygens (including phenoxy) is 1. The molecule has 0 saturated heterocycles. The number of halogens is 1. The lowest BCUT2D eigenvalue weighted by Gasteiger charge is -2.25. The SMILES string of the molecule is O=C(CC1OCCc2ccccc21)c1ccccc1Cl. The van der Waals surface area contributed by atoms with Gasteiger partial charge < -0.3 is 4.74 Å². The molecule has 1 aliphatic heterocycles. The van der Waals surface area contributed by atoms with Crippen molar-refractivity contribution in [1.82, 2.24) is 0 Å². The monoisotopic (exact) mass is 286 g/mol. The molecule has 0 aromatic heterocycles. The number of carbonyl (C=O) groups excluding carboxylic acids is 1. The molecule has 0 aliphatic carbocycles. The van der Waals surface area contributed by atoms with Crippen LogP contribution in [0, 0.1) is 0 Å². The Morgan fingerprint density at radius 2 is 1.90 bits per heavy atom. The smallest absolute Gasteiger partial charge is 0.167 e. The summed E-state index contributed by atoms with van der Waals surface area (Å²) in [4.78, 5) is 12.4. The van der Waals surface area contributed by atoms with Gasteiger partial charge in [-0.15, -0.1) is 0 Å². The molecule has 2 aromatic rings. The lowest BCUT2D eigenvalue weighted by molar-refractivity contribution is 0.0352. The van der Waals surface area contributed by atoms with Crippen LogP contribution in [0.5, 0.6) is 0 Å². The van der Waals surface area contributed by atoms with Gasteiger partial charge in [-0.3, -0.25) is 4.79 Å². The van der Waals surface area contributed by atoms with E-state index in [1.54, 1.807) is 12.1 Å². The van der Waals surface area contributed by atoms with Crippen LogP contribution in [-0.2, 0) is 11.2 Å². The van der Waals surface area contributed by atoms with Crippen LogP contribution in [0.25, 0.3) is 0 Å². The van der Waals surface area contributed by atoms with E-state index >= 15 is 0 Å². The molecule has 0 spiro atoms. The summed E-state index contributed by atoms with van der Waals surface area (Å²) in [6.07, 6.45) is 1.08. The van der Waals surface area contributed by atoms with Gasteiger partial charge in [0.2, 0.25) is 0 Å². The third-order valence-corrected chi connectivity index (χ3v) is 3.97. The highest BCUT2D eigenvalue weighted by atomic mass is 35.5. The fourth-order valence-corrected chi connectivity index (χ4v) is 2.85. The molecular formula is C17H15ClO2. The molecule has 20 heavy (non-hydrogen) atoms. The van der Waals surface area contributed by atoms with Gasteiger partial charge >= 0.3 is 0 Å². The minimum atomic E-state index is -0.163. The van der Waals surface area contributed by atoms with Crippen molar-refractivity contribution in [2.24, 2.45) is 0 Å². The van der Waals surface area contributed by atoms with E-state index in [1.807, 2.05) is 30.3 Å². The number of ketones is 1. The first kappa shape index (κ1) is 13.3. The standard InChI is InChI=1S/C17H15ClO2/c18-15-8-4-3-7-14(15)16(19)11-17-13-6-2-1-5-12(13)9-10-20-17/h1-8,17H,9-11H2. The Labute approximate surface area is 123 Å². The number of benzene rings is 2. The minimum absolute atomic E-state index is 0.0253. The molecule has 2 aromatic carbocycles. The molecule has 0 amide bonds. The maximum Gasteiger partial charge on any atom is 0.167 e. The van der Waals surface area contributed by atoms with Gasteiger partial charge in [0, 0.05) is 12.0 Å². The Bertz CT molecular complexity index is 636. The second-order valence-corrected chi connectivity index (χ2v) is 5.32. The normalized spacial score (nSPS) is 17.6. The van der Waals surface area contributed by atoms with Crippen LogP contribution in [0.3, 0.4) is 0 Å². The van der Waals surface area contributed by atoms with Gasteiger partial charge in [0.15, 0.2) is 5.78 Å². The van der Waals surface area contributed by atoms with Crippen LogP contribution >= 0.6 is 11.6 Å². The van der Waals surface area contributed by atoms with Gasteiger partial charge in [0.1, 0.15) is 0 Å². The first-order valence-corrected chi connectivity index (χ1v) is 7.10. The molecular weight excluding hydrogens is 272 g/mol. The summed E-state index contributed by atoms with van der Waals surface area (Å²) in [5, 5.41) is 0.501. The molecule has 1 aliphatic rings. The Morgan fingerprint density at radius 3 is 2.75 bits per heavy atom. The van der Waals surface area contributed by atoms with Gasteiger partial charge in [-0.25, -0.2) is 0 Å². The van der Waals surface area contributed by atoms with E-state index in [1.165, 1.54) is 5.56 Å². The maximum atomic E-state index is 12.4. The first-order valence-electron chi connectivity index (χ1n) is 6.73. The fourth-order valence-electron chi connectivity index (χ4n) is 2.61. The summed E-state index contributed by atoms with van der Waals surface area (Å²) in [6, 6.07) is 15.3. The molecule has 2 nitrogen and oxygen atoms in total. The zero-order valence-electron chi connectivity index (χ0n) is 11.0. The van der Waals surface area contributed by atoms with Crippen LogP contribution < -0.4 is 0 Å². The molecule has 1 heterocycles. The molecule has 3 rings (SSSR count). The summed E-state index contributed by atoms with van der Waals surface area (Å²) >= 11 is 6.08. The zero-order valence-corrected chi connectivity index (χ0v) is 11.8. The Balaban J connectivity index is 1.83. The van der Waals surface area contributed by atoms with Gasteiger partial charge in [0.05, 0.1) is 17.7 Å². The fraction of sp³-hybridized carbons (Fsp3) is 0.235.